The first kappa shape index (κ1) is 13.6. The molecule has 3 rings (SSSR count). The average Bonchev–Trinajstić information content (AvgIpc) is 2.50. The van der Waals surface area contributed by atoms with Crippen molar-refractivity contribution in [3.63, 3.8) is 0 Å². The fraction of sp³-hybridized carbons (Fsp3) is 0. The number of hydrogen-bond donors (Lipinski definition) is 2. The van der Waals surface area contributed by atoms with Crippen LogP contribution in [0, 0.1) is 0 Å². The molecule has 0 fully saturated rings. The predicted octanol–water partition coefficient (Wildman–Crippen LogP) is 3.54. The van der Waals surface area contributed by atoms with Crippen molar-refractivity contribution < 1.29 is 4.79 Å². The number of H-pyrrole nitrogens is 1. The summed E-state index contributed by atoms with van der Waals surface area (Å²) in [6.07, 6.45) is 1.44. The quantitative estimate of drug-likeness (QED) is 0.748. The van der Waals surface area contributed by atoms with Crippen LogP contribution >= 0.6 is 15.9 Å². The first-order valence-electron chi connectivity index (χ1n) is 6.33. The SMILES string of the molecule is O=C(Nc1ccccc1Br)c1c[nH]c2ccccc2c1=O. The molecule has 1 aromatic heterocycles. The summed E-state index contributed by atoms with van der Waals surface area (Å²) in [5, 5.41) is 3.22. The minimum atomic E-state index is -0.436. The van der Waals surface area contributed by atoms with E-state index in [9.17, 15) is 9.59 Å². The molecule has 2 aromatic carbocycles. The van der Waals surface area contributed by atoms with E-state index in [1.807, 2.05) is 24.3 Å². The Morgan fingerprint density at radius 1 is 1.05 bits per heavy atom. The number of fused-ring (bicyclic) bond motifs is 1. The van der Waals surface area contributed by atoms with E-state index in [1.54, 1.807) is 24.3 Å². The highest BCUT2D eigenvalue weighted by molar-refractivity contribution is 9.10. The van der Waals surface area contributed by atoms with Crippen LogP contribution in [-0.4, -0.2) is 10.9 Å². The summed E-state index contributed by atoms with van der Waals surface area (Å²) < 4.78 is 0.760. The topological polar surface area (TPSA) is 62.0 Å². The Morgan fingerprint density at radius 3 is 2.57 bits per heavy atom. The zero-order valence-electron chi connectivity index (χ0n) is 10.9. The van der Waals surface area contributed by atoms with Crippen LogP contribution in [-0.2, 0) is 0 Å². The highest BCUT2D eigenvalue weighted by atomic mass is 79.9. The lowest BCUT2D eigenvalue weighted by Gasteiger charge is -2.07. The normalized spacial score (nSPS) is 10.5. The minimum Gasteiger partial charge on any atom is -0.360 e. The van der Waals surface area contributed by atoms with Crippen LogP contribution in [0.1, 0.15) is 10.4 Å². The lowest BCUT2D eigenvalue weighted by atomic mass is 10.1. The smallest absolute Gasteiger partial charge is 0.261 e. The summed E-state index contributed by atoms with van der Waals surface area (Å²) in [5.41, 5.74) is 1.13. The molecule has 21 heavy (non-hydrogen) atoms. The van der Waals surface area contributed by atoms with Crippen molar-refractivity contribution in [2.75, 3.05) is 5.32 Å². The number of hydrogen-bond acceptors (Lipinski definition) is 2. The molecule has 3 aromatic rings. The second-order valence-electron chi connectivity index (χ2n) is 4.51. The first-order valence-corrected chi connectivity index (χ1v) is 7.12. The lowest BCUT2D eigenvalue weighted by Crippen LogP contribution is -2.22. The van der Waals surface area contributed by atoms with Gasteiger partial charge in [-0.2, -0.15) is 0 Å². The molecule has 0 aliphatic carbocycles. The van der Waals surface area contributed by atoms with Gasteiger partial charge in [-0.3, -0.25) is 9.59 Å². The summed E-state index contributed by atoms with van der Waals surface area (Å²) in [4.78, 5) is 27.6. The fourth-order valence-electron chi connectivity index (χ4n) is 2.09. The van der Waals surface area contributed by atoms with Crippen LogP contribution in [0.5, 0.6) is 0 Å². The van der Waals surface area contributed by atoms with Gasteiger partial charge in [0.25, 0.3) is 5.91 Å². The molecular formula is C16H11BrN2O2. The number of aromatic nitrogens is 1. The van der Waals surface area contributed by atoms with Crippen molar-refractivity contribution in [2.24, 2.45) is 0 Å². The number of aromatic amines is 1. The van der Waals surface area contributed by atoms with E-state index in [-0.39, 0.29) is 11.0 Å². The molecular weight excluding hydrogens is 332 g/mol. The van der Waals surface area contributed by atoms with Gasteiger partial charge in [-0.15, -0.1) is 0 Å². The maximum atomic E-state index is 12.4. The Morgan fingerprint density at radius 2 is 1.76 bits per heavy atom. The van der Waals surface area contributed by atoms with Crippen LogP contribution in [0.4, 0.5) is 5.69 Å². The third-order valence-corrected chi connectivity index (χ3v) is 3.85. The molecule has 0 aliphatic rings. The number of rotatable bonds is 2. The fourth-order valence-corrected chi connectivity index (χ4v) is 2.47. The summed E-state index contributed by atoms with van der Waals surface area (Å²) in [7, 11) is 0. The van der Waals surface area contributed by atoms with Crippen LogP contribution < -0.4 is 10.7 Å². The van der Waals surface area contributed by atoms with E-state index in [1.165, 1.54) is 6.20 Å². The van der Waals surface area contributed by atoms with E-state index >= 15 is 0 Å². The molecule has 0 aliphatic heterocycles. The van der Waals surface area contributed by atoms with Gasteiger partial charge >= 0.3 is 0 Å². The van der Waals surface area contributed by atoms with Crippen LogP contribution in [0.2, 0.25) is 0 Å². The molecule has 4 nitrogen and oxygen atoms in total. The second kappa shape index (κ2) is 5.54. The Balaban J connectivity index is 2.01. The third-order valence-electron chi connectivity index (χ3n) is 3.16. The number of carbonyl (C=O) groups is 1. The standard InChI is InChI=1S/C16H11BrN2O2/c17-12-6-2-4-8-14(12)19-16(21)11-9-18-13-7-3-1-5-10(13)15(11)20/h1-9H,(H,18,20)(H,19,21). The Labute approximate surface area is 128 Å². The molecule has 1 heterocycles. The molecule has 0 spiro atoms. The van der Waals surface area contributed by atoms with Crippen molar-refractivity contribution in [3.8, 4) is 0 Å². The summed E-state index contributed by atoms with van der Waals surface area (Å²) >= 11 is 3.35. The summed E-state index contributed by atoms with van der Waals surface area (Å²) in [5.74, 6) is -0.436. The van der Waals surface area contributed by atoms with Gasteiger partial charge < -0.3 is 10.3 Å². The third kappa shape index (κ3) is 2.60. The summed E-state index contributed by atoms with van der Waals surface area (Å²) in [6, 6.07) is 14.3. The molecule has 2 N–H and O–H groups in total. The predicted molar refractivity (Wildman–Crippen MR) is 86.7 cm³/mol. The molecule has 0 unspecified atom stereocenters. The molecule has 0 bridgehead atoms. The highest BCUT2D eigenvalue weighted by Crippen LogP contribution is 2.21. The molecule has 5 heteroatoms. The van der Waals surface area contributed by atoms with E-state index < -0.39 is 5.91 Å². The molecule has 0 radical (unpaired) electrons. The number of anilines is 1. The van der Waals surface area contributed by atoms with Gasteiger partial charge in [0.05, 0.1) is 5.69 Å². The molecule has 0 saturated carbocycles. The van der Waals surface area contributed by atoms with Crippen LogP contribution in [0.15, 0.2) is 64.0 Å². The van der Waals surface area contributed by atoms with Crippen LogP contribution in [0.25, 0.3) is 10.9 Å². The maximum absolute atomic E-state index is 12.4. The van der Waals surface area contributed by atoms with Crippen molar-refractivity contribution >= 4 is 38.4 Å². The van der Waals surface area contributed by atoms with Crippen molar-refractivity contribution in [1.82, 2.24) is 4.98 Å². The molecule has 0 atom stereocenters. The lowest BCUT2D eigenvalue weighted by molar-refractivity contribution is 0.102. The maximum Gasteiger partial charge on any atom is 0.261 e. The van der Waals surface area contributed by atoms with Crippen molar-refractivity contribution in [3.05, 3.63) is 75.0 Å². The number of para-hydroxylation sites is 2. The van der Waals surface area contributed by atoms with Gasteiger partial charge in [-0.05, 0) is 40.2 Å². The minimum absolute atomic E-state index is 0.0875. The zero-order valence-corrected chi connectivity index (χ0v) is 12.5. The Kier molecular flexibility index (Phi) is 3.58. The highest BCUT2D eigenvalue weighted by Gasteiger charge is 2.13. The monoisotopic (exact) mass is 342 g/mol. The average molecular weight is 343 g/mol. The van der Waals surface area contributed by atoms with Gasteiger partial charge in [0.1, 0.15) is 5.56 Å². The van der Waals surface area contributed by atoms with Gasteiger partial charge in [0.15, 0.2) is 0 Å². The number of pyridine rings is 1. The number of halogens is 1. The first-order chi connectivity index (χ1) is 10.2. The summed E-state index contributed by atoms with van der Waals surface area (Å²) in [6.45, 7) is 0. The second-order valence-corrected chi connectivity index (χ2v) is 5.37. The van der Waals surface area contributed by atoms with Crippen molar-refractivity contribution in [1.29, 1.82) is 0 Å². The van der Waals surface area contributed by atoms with E-state index in [4.69, 9.17) is 0 Å². The molecule has 1 amide bonds. The van der Waals surface area contributed by atoms with Gasteiger partial charge in [-0.1, -0.05) is 24.3 Å². The van der Waals surface area contributed by atoms with Gasteiger partial charge in [-0.25, -0.2) is 0 Å². The van der Waals surface area contributed by atoms with E-state index in [0.29, 0.717) is 16.6 Å². The molecule has 104 valence electrons. The van der Waals surface area contributed by atoms with E-state index in [0.717, 1.165) is 4.47 Å². The largest absolute Gasteiger partial charge is 0.360 e. The van der Waals surface area contributed by atoms with Crippen LogP contribution in [0.3, 0.4) is 0 Å². The van der Waals surface area contributed by atoms with Crippen molar-refractivity contribution in [2.45, 2.75) is 0 Å². The van der Waals surface area contributed by atoms with Gasteiger partial charge in [0, 0.05) is 21.6 Å². The number of carbonyl (C=O) groups excluding carboxylic acids is 1. The van der Waals surface area contributed by atoms with E-state index in [2.05, 4.69) is 26.2 Å². The number of amides is 1. The Bertz CT molecular complexity index is 887. The molecule has 0 saturated heterocycles. The Hall–Kier alpha value is -2.40. The number of nitrogens with one attached hydrogen (secondary N) is 2. The van der Waals surface area contributed by atoms with Gasteiger partial charge in [0.2, 0.25) is 5.43 Å². The zero-order chi connectivity index (χ0) is 14.8. The number of benzene rings is 2.